The summed E-state index contributed by atoms with van der Waals surface area (Å²) in [6.07, 6.45) is 0. The number of methoxy groups -OCH3 is 1. The van der Waals surface area contributed by atoms with Gasteiger partial charge in [0, 0.05) is 12.7 Å². The molecule has 0 fully saturated rings. The number of thiophene rings is 1. The fourth-order valence-electron chi connectivity index (χ4n) is 2.59. The van der Waals surface area contributed by atoms with Crippen LogP contribution in [0.15, 0.2) is 29.6 Å². The summed E-state index contributed by atoms with van der Waals surface area (Å²) < 4.78 is 24.1. The summed E-state index contributed by atoms with van der Waals surface area (Å²) in [4.78, 5) is 37.7. The minimum atomic E-state index is -1.08. The normalized spacial score (nSPS) is 14.9. The van der Waals surface area contributed by atoms with Crippen LogP contribution in [0.3, 0.4) is 0 Å². The molecule has 27 heavy (non-hydrogen) atoms. The predicted molar refractivity (Wildman–Crippen MR) is 97.6 cm³/mol. The Labute approximate surface area is 161 Å². The molecule has 0 spiro atoms. The summed E-state index contributed by atoms with van der Waals surface area (Å²) in [7, 11) is 1.31. The molecule has 2 heterocycles. The highest BCUT2D eigenvalue weighted by molar-refractivity contribution is 7.11. The number of urea groups is 1. The minimum absolute atomic E-state index is 0.00532. The highest BCUT2D eigenvalue weighted by Crippen LogP contribution is 2.43. The summed E-state index contributed by atoms with van der Waals surface area (Å²) in [6.45, 7) is -0.363. The van der Waals surface area contributed by atoms with E-state index in [0.717, 1.165) is 12.1 Å². The highest BCUT2D eigenvalue weighted by atomic mass is 35.5. The number of rotatable bonds is 4. The molecule has 140 valence electrons. The van der Waals surface area contributed by atoms with E-state index in [1.807, 2.05) is 0 Å². The van der Waals surface area contributed by atoms with Crippen molar-refractivity contribution in [2.24, 2.45) is 5.73 Å². The molecule has 7 nitrogen and oxygen atoms in total. The molecule has 1 aromatic carbocycles. The van der Waals surface area contributed by atoms with Crippen LogP contribution in [0.1, 0.15) is 10.4 Å². The van der Waals surface area contributed by atoms with E-state index in [1.54, 1.807) is 17.5 Å². The van der Waals surface area contributed by atoms with Crippen LogP contribution in [0.5, 0.6) is 0 Å². The summed E-state index contributed by atoms with van der Waals surface area (Å²) in [5.74, 6) is -2.55. The number of carbonyl (C=O) groups is 3. The highest BCUT2D eigenvalue weighted by Gasteiger charge is 2.40. The van der Waals surface area contributed by atoms with Crippen LogP contribution in [-0.4, -0.2) is 31.6 Å². The first kappa shape index (κ1) is 19.0. The molecule has 0 radical (unpaired) electrons. The number of fused-ring (bicyclic) bond motifs is 1. The van der Waals surface area contributed by atoms with Crippen molar-refractivity contribution in [2.75, 3.05) is 18.6 Å². The van der Waals surface area contributed by atoms with Crippen molar-refractivity contribution in [3.8, 4) is 0 Å². The largest absolute Gasteiger partial charge is 0.422 e. The lowest BCUT2D eigenvalue weighted by Gasteiger charge is -2.12. The number of benzene rings is 1. The van der Waals surface area contributed by atoms with Crippen molar-refractivity contribution in [1.29, 1.82) is 0 Å². The molecule has 0 atom stereocenters. The fourth-order valence-corrected chi connectivity index (χ4v) is 3.46. The number of amides is 3. The van der Waals surface area contributed by atoms with E-state index in [9.17, 15) is 18.8 Å². The Bertz CT molecular complexity index is 974. The smallest absolute Gasteiger partial charge is 0.337 e. The molecule has 1 aliphatic heterocycles. The van der Waals surface area contributed by atoms with E-state index in [0.29, 0.717) is 9.78 Å². The number of anilines is 1. The summed E-state index contributed by atoms with van der Waals surface area (Å²) in [5, 5.41) is 1.41. The van der Waals surface area contributed by atoms with E-state index in [4.69, 9.17) is 26.8 Å². The van der Waals surface area contributed by atoms with Crippen LogP contribution in [0.4, 0.5) is 14.9 Å². The molecular weight excluding hydrogens is 399 g/mol. The molecule has 0 unspecified atom stereocenters. The van der Waals surface area contributed by atoms with Crippen molar-refractivity contribution < 1.29 is 28.2 Å². The zero-order valence-electron chi connectivity index (χ0n) is 13.8. The molecule has 10 heteroatoms. The first-order chi connectivity index (χ1) is 12.8. The number of hydrogen-bond donors (Lipinski definition) is 1. The number of nitrogens with two attached hydrogens (primary N) is 1. The van der Waals surface area contributed by atoms with Crippen molar-refractivity contribution >= 4 is 57.9 Å². The van der Waals surface area contributed by atoms with Crippen LogP contribution in [-0.2, 0) is 19.1 Å². The van der Waals surface area contributed by atoms with E-state index < -0.39 is 23.7 Å². The molecule has 3 rings (SSSR count). The number of primary amides is 1. The van der Waals surface area contributed by atoms with Crippen LogP contribution >= 0.6 is 22.9 Å². The predicted octanol–water partition coefficient (Wildman–Crippen LogP) is 3.02. The average molecular weight is 411 g/mol. The van der Waals surface area contributed by atoms with Gasteiger partial charge in [0.1, 0.15) is 12.4 Å². The molecule has 0 bridgehead atoms. The fraction of sp³-hybridized carbons (Fsp3) is 0.118. The first-order valence-electron chi connectivity index (χ1n) is 7.46. The van der Waals surface area contributed by atoms with Crippen LogP contribution < -0.4 is 10.6 Å². The van der Waals surface area contributed by atoms with E-state index >= 15 is 0 Å². The lowest BCUT2D eigenvalue weighted by molar-refractivity contribution is -0.140. The second-order valence-corrected chi connectivity index (χ2v) is 6.71. The second kappa shape index (κ2) is 7.47. The Morgan fingerprint density at radius 2 is 2.11 bits per heavy atom. The maximum Gasteiger partial charge on any atom is 0.337 e. The van der Waals surface area contributed by atoms with Gasteiger partial charge >= 0.3 is 12.0 Å². The molecule has 2 N–H and O–H groups in total. The van der Waals surface area contributed by atoms with Gasteiger partial charge < -0.3 is 15.2 Å². The number of nitrogens with zero attached hydrogens (tertiary/aromatic N) is 1. The van der Waals surface area contributed by atoms with Gasteiger partial charge in [0.05, 0.1) is 21.2 Å². The summed E-state index contributed by atoms with van der Waals surface area (Å²) in [6, 6.07) is 4.32. The number of imide groups is 1. The summed E-state index contributed by atoms with van der Waals surface area (Å²) in [5.41, 5.74) is 5.17. The number of hydrogen-bond acceptors (Lipinski definition) is 6. The molecule has 2 aromatic rings. The second-order valence-electron chi connectivity index (χ2n) is 5.35. The van der Waals surface area contributed by atoms with Gasteiger partial charge in [-0.1, -0.05) is 17.7 Å². The molecular formula is C17H12ClFN2O5S. The molecule has 1 aromatic heterocycles. The SMILES string of the molecule is COCC(=O)OC(=C1C(=O)N(C(N)=O)c2cc(Cl)c(F)cc21)c1cccs1. The third-order valence-corrected chi connectivity index (χ3v) is 4.79. The lowest BCUT2D eigenvalue weighted by Crippen LogP contribution is -2.38. The van der Waals surface area contributed by atoms with Crippen LogP contribution in [0.2, 0.25) is 5.02 Å². The average Bonchev–Trinajstić information content (AvgIpc) is 3.20. The number of ether oxygens (including phenoxy) is 2. The van der Waals surface area contributed by atoms with Gasteiger partial charge in [-0.25, -0.2) is 18.9 Å². The lowest BCUT2D eigenvalue weighted by atomic mass is 10.0. The molecule has 0 aliphatic carbocycles. The van der Waals surface area contributed by atoms with Gasteiger partial charge in [0.15, 0.2) is 5.76 Å². The Kier molecular flexibility index (Phi) is 5.26. The van der Waals surface area contributed by atoms with Gasteiger partial charge in [0.25, 0.3) is 5.91 Å². The first-order valence-corrected chi connectivity index (χ1v) is 8.72. The number of esters is 1. The van der Waals surface area contributed by atoms with Crippen molar-refractivity contribution in [3.05, 3.63) is 50.9 Å². The van der Waals surface area contributed by atoms with Crippen LogP contribution in [0, 0.1) is 5.82 Å². The monoisotopic (exact) mass is 410 g/mol. The molecule has 0 saturated carbocycles. The third-order valence-electron chi connectivity index (χ3n) is 3.64. The van der Waals surface area contributed by atoms with Gasteiger partial charge in [0.2, 0.25) is 0 Å². The van der Waals surface area contributed by atoms with Crippen molar-refractivity contribution in [1.82, 2.24) is 0 Å². The minimum Gasteiger partial charge on any atom is -0.422 e. The maximum absolute atomic E-state index is 14.1. The van der Waals surface area contributed by atoms with Gasteiger partial charge in [-0.15, -0.1) is 11.3 Å². The Balaban J connectivity index is 2.28. The van der Waals surface area contributed by atoms with Gasteiger partial charge in [-0.05, 0) is 23.6 Å². The van der Waals surface area contributed by atoms with Crippen molar-refractivity contribution in [3.63, 3.8) is 0 Å². The standard InChI is InChI=1S/C17H12ClFN2O5S/c1-25-7-13(22)26-15(12-3-2-4-27-12)14-8-5-10(19)9(18)6-11(8)21(16(14)23)17(20)24/h2-6H,7H2,1H3,(H2,20,24). The maximum atomic E-state index is 14.1. The molecule has 3 amide bonds. The van der Waals surface area contributed by atoms with Gasteiger partial charge in [-0.2, -0.15) is 0 Å². The quantitative estimate of drug-likeness (QED) is 0.474. The number of carbonyl (C=O) groups excluding carboxylic acids is 3. The van der Waals surface area contributed by atoms with Crippen LogP contribution in [0.25, 0.3) is 11.3 Å². The third kappa shape index (κ3) is 3.44. The van der Waals surface area contributed by atoms with E-state index in [1.165, 1.54) is 18.4 Å². The zero-order valence-corrected chi connectivity index (χ0v) is 15.4. The Hall–Kier alpha value is -2.75. The molecule has 0 saturated heterocycles. The van der Waals surface area contributed by atoms with E-state index in [2.05, 4.69) is 0 Å². The Morgan fingerprint density at radius 3 is 2.70 bits per heavy atom. The molecule has 1 aliphatic rings. The summed E-state index contributed by atoms with van der Waals surface area (Å²) >= 11 is 6.97. The topological polar surface area (TPSA) is 98.9 Å². The Morgan fingerprint density at radius 1 is 1.37 bits per heavy atom. The number of halogens is 2. The van der Waals surface area contributed by atoms with Crippen molar-refractivity contribution in [2.45, 2.75) is 0 Å². The van der Waals surface area contributed by atoms with Gasteiger partial charge in [-0.3, -0.25) is 4.79 Å². The van der Waals surface area contributed by atoms with E-state index in [-0.39, 0.29) is 34.2 Å². The zero-order chi connectivity index (χ0) is 19.7.